The number of likely N-dealkylation sites (tertiary alicyclic amines) is 1. The molecule has 2 aliphatic heterocycles. The fourth-order valence-electron chi connectivity index (χ4n) is 3.38. The third kappa shape index (κ3) is 4.31. The molecule has 6 heteroatoms. The summed E-state index contributed by atoms with van der Waals surface area (Å²) in [7, 11) is 1.36. The lowest BCUT2D eigenvalue weighted by Crippen LogP contribution is -2.48. The average Bonchev–Trinajstić information content (AvgIpc) is 3.19. The summed E-state index contributed by atoms with van der Waals surface area (Å²) in [4.78, 5) is 26.3. The Morgan fingerprint density at radius 2 is 1.96 bits per heavy atom. The van der Waals surface area contributed by atoms with Crippen molar-refractivity contribution in [3.63, 3.8) is 0 Å². The Kier molecular flexibility index (Phi) is 5.91. The molecule has 2 aliphatic rings. The van der Waals surface area contributed by atoms with E-state index in [0.29, 0.717) is 25.1 Å². The highest BCUT2D eigenvalue weighted by Gasteiger charge is 2.33. The van der Waals surface area contributed by atoms with Gasteiger partial charge in [0, 0.05) is 18.7 Å². The normalized spacial score (nSPS) is 23.3. The summed E-state index contributed by atoms with van der Waals surface area (Å²) in [6, 6.07) is 6.59. The fraction of sp³-hybridized carbons (Fsp3) is 0.579. The highest BCUT2D eigenvalue weighted by molar-refractivity contribution is 5.97. The molecule has 1 aromatic rings. The van der Waals surface area contributed by atoms with Crippen LogP contribution >= 0.6 is 0 Å². The third-order valence-electron chi connectivity index (χ3n) is 4.80. The van der Waals surface area contributed by atoms with Crippen LogP contribution < -0.4 is 4.74 Å². The summed E-state index contributed by atoms with van der Waals surface area (Å²) in [6.45, 7) is 1.92. The largest absolute Gasteiger partial charge is 0.491 e. The van der Waals surface area contributed by atoms with Gasteiger partial charge in [-0.1, -0.05) is 0 Å². The van der Waals surface area contributed by atoms with E-state index in [-0.39, 0.29) is 18.0 Å². The molecule has 0 spiro atoms. The number of carbonyl (C=O) groups excluding carboxylic acids is 2. The molecule has 0 aliphatic carbocycles. The van der Waals surface area contributed by atoms with Crippen LogP contribution in [0.4, 0.5) is 0 Å². The number of carbonyl (C=O) groups is 2. The number of esters is 1. The summed E-state index contributed by atoms with van der Waals surface area (Å²) < 4.78 is 16.1. The van der Waals surface area contributed by atoms with E-state index in [1.165, 1.54) is 7.11 Å². The Hall–Kier alpha value is -2.08. The lowest BCUT2D eigenvalue weighted by Gasteiger charge is -2.33. The topological polar surface area (TPSA) is 65.1 Å². The van der Waals surface area contributed by atoms with Gasteiger partial charge in [-0.2, -0.15) is 0 Å². The Morgan fingerprint density at radius 1 is 1.16 bits per heavy atom. The van der Waals surface area contributed by atoms with Crippen LogP contribution in [-0.4, -0.2) is 55.8 Å². The van der Waals surface area contributed by atoms with Crippen LogP contribution in [0.15, 0.2) is 24.3 Å². The maximum atomic E-state index is 12.8. The minimum Gasteiger partial charge on any atom is -0.491 e. The van der Waals surface area contributed by atoms with E-state index in [1.54, 1.807) is 29.2 Å². The van der Waals surface area contributed by atoms with Gasteiger partial charge in [0.1, 0.15) is 18.4 Å². The van der Waals surface area contributed by atoms with Crippen molar-refractivity contribution in [1.29, 1.82) is 0 Å². The molecule has 0 unspecified atom stereocenters. The predicted molar refractivity (Wildman–Crippen MR) is 91.6 cm³/mol. The molecule has 0 bridgehead atoms. The van der Waals surface area contributed by atoms with E-state index in [2.05, 4.69) is 0 Å². The van der Waals surface area contributed by atoms with E-state index in [9.17, 15) is 9.59 Å². The van der Waals surface area contributed by atoms with Crippen LogP contribution in [0.1, 0.15) is 42.5 Å². The molecule has 0 saturated carbocycles. The van der Waals surface area contributed by atoms with E-state index >= 15 is 0 Å². The second-order valence-corrected chi connectivity index (χ2v) is 6.50. The minimum atomic E-state index is -0.485. The van der Waals surface area contributed by atoms with Gasteiger partial charge in [-0.05, 0) is 56.4 Å². The molecular weight excluding hydrogens is 322 g/mol. The van der Waals surface area contributed by atoms with Crippen LogP contribution in [0.25, 0.3) is 0 Å². The number of methoxy groups -OCH3 is 1. The van der Waals surface area contributed by atoms with E-state index in [4.69, 9.17) is 14.2 Å². The second-order valence-electron chi connectivity index (χ2n) is 6.50. The lowest BCUT2D eigenvalue weighted by atomic mass is 10.0. The van der Waals surface area contributed by atoms with E-state index in [1.807, 2.05) is 0 Å². The van der Waals surface area contributed by atoms with E-state index < -0.39 is 6.04 Å². The number of nitrogens with zero attached hydrogens (tertiary/aromatic N) is 1. The number of amides is 1. The first-order chi connectivity index (χ1) is 12.2. The van der Waals surface area contributed by atoms with Gasteiger partial charge in [-0.25, -0.2) is 4.79 Å². The van der Waals surface area contributed by atoms with Crippen molar-refractivity contribution < 1.29 is 23.8 Å². The first-order valence-electron chi connectivity index (χ1n) is 8.92. The quantitative estimate of drug-likeness (QED) is 0.766. The standard InChI is InChI=1S/C19H25NO5/c1-23-19(22)17-6-2-3-11-20(17)18(21)14-7-9-15(10-8-14)25-13-16-5-4-12-24-16/h7-10,16-17H,2-6,11-13H2,1H3/t16-,17+/m0/s1. The Labute approximate surface area is 148 Å². The minimum absolute atomic E-state index is 0.138. The second kappa shape index (κ2) is 8.34. The van der Waals surface area contributed by atoms with Crippen molar-refractivity contribution in [3.8, 4) is 5.75 Å². The fourth-order valence-corrected chi connectivity index (χ4v) is 3.38. The predicted octanol–water partition coefficient (Wildman–Crippen LogP) is 2.41. The van der Waals surface area contributed by atoms with Crippen molar-refractivity contribution in [2.45, 2.75) is 44.2 Å². The van der Waals surface area contributed by atoms with Gasteiger partial charge in [0.05, 0.1) is 13.2 Å². The molecule has 2 heterocycles. The van der Waals surface area contributed by atoms with Gasteiger partial charge in [0.25, 0.3) is 5.91 Å². The lowest BCUT2D eigenvalue weighted by molar-refractivity contribution is -0.147. The highest BCUT2D eigenvalue weighted by atomic mass is 16.5. The summed E-state index contributed by atoms with van der Waals surface area (Å²) in [5.74, 6) is 0.237. The maximum Gasteiger partial charge on any atom is 0.328 e. The van der Waals surface area contributed by atoms with Crippen molar-refractivity contribution in [2.75, 3.05) is 26.9 Å². The molecule has 136 valence electrons. The molecule has 3 rings (SSSR count). The zero-order chi connectivity index (χ0) is 17.6. The molecule has 1 amide bonds. The van der Waals surface area contributed by atoms with Crippen molar-refractivity contribution in [1.82, 2.24) is 4.90 Å². The van der Waals surface area contributed by atoms with Gasteiger partial charge in [0.2, 0.25) is 0 Å². The highest BCUT2D eigenvalue weighted by Crippen LogP contribution is 2.22. The van der Waals surface area contributed by atoms with E-state index in [0.717, 1.165) is 38.0 Å². The number of rotatable bonds is 5. The van der Waals surface area contributed by atoms with Crippen LogP contribution in [0.2, 0.25) is 0 Å². The summed E-state index contributed by atoms with van der Waals surface area (Å²) in [6.07, 6.45) is 4.76. The van der Waals surface area contributed by atoms with Crippen molar-refractivity contribution in [2.24, 2.45) is 0 Å². The summed E-state index contributed by atoms with van der Waals surface area (Å²) in [5, 5.41) is 0. The molecule has 1 aromatic carbocycles. The van der Waals surface area contributed by atoms with Crippen LogP contribution in [0, 0.1) is 0 Å². The summed E-state index contributed by atoms with van der Waals surface area (Å²) >= 11 is 0. The first kappa shape index (κ1) is 17.7. The molecule has 0 N–H and O–H groups in total. The molecule has 2 saturated heterocycles. The van der Waals surface area contributed by atoms with Gasteiger partial charge < -0.3 is 19.1 Å². The molecule has 0 aromatic heterocycles. The molecule has 2 atom stereocenters. The van der Waals surface area contributed by atoms with Crippen LogP contribution in [-0.2, 0) is 14.3 Å². The van der Waals surface area contributed by atoms with Crippen molar-refractivity contribution in [3.05, 3.63) is 29.8 Å². The van der Waals surface area contributed by atoms with Gasteiger partial charge in [-0.15, -0.1) is 0 Å². The SMILES string of the molecule is COC(=O)[C@H]1CCCCN1C(=O)c1ccc(OC[C@@H]2CCCO2)cc1. The monoisotopic (exact) mass is 347 g/mol. The molecule has 0 radical (unpaired) electrons. The Balaban J connectivity index is 1.61. The number of piperidine rings is 1. The maximum absolute atomic E-state index is 12.8. The smallest absolute Gasteiger partial charge is 0.328 e. The van der Waals surface area contributed by atoms with Gasteiger partial charge >= 0.3 is 5.97 Å². The van der Waals surface area contributed by atoms with Crippen molar-refractivity contribution >= 4 is 11.9 Å². The first-order valence-corrected chi connectivity index (χ1v) is 8.92. The Morgan fingerprint density at radius 3 is 2.64 bits per heavy atom. The zero-order valence-corrected chi connectivity index (χ0v) is 14.6. The van der Waals surface area contributed by atoms with Gasteiger partial charge in [0.15, 0.2) is 0 Å². The molecule has 6 nitrogen and oxygen atoms in total. The van der Waals surface area contributed by atoms with Gasteiger partial charge in [-0.3, -0.25) is 4.79 Å². The number of hydrogen-bond acceptors (Lipinski definition) is 5. The molecular formula is C19H25NO5. The third-order valence-corrected chi connectivity index (χ3v) is 4.80. The summed E-state index contributed by atoms with van der Waals surface area (Å²) in [5.41, 5.74) is 0.556. The molecule has 2 fully saturated rings. The Bertz CT molecular complexity index is 594. The number of ether oxygens (including phenoxy) is 3. The number of hydrogen-bond donors (Lipinski definition) is 0. The molecule has 25 heavy (non-hydrogen) atoms. The van der Waals surface area contributed by atoms with Crippen LogP contribution in [0.3, 0.4) is 0 Å². The number of benzene rings is 1. The zero-order valence-electron chi connectivity index (χ0n) is 14.6. The van der Waals surface area contributed by atoms with Crippen LogP contribution in [0.5, 0.6) is 5.75 Å². The average molecular weight is 347 g/mol.